The molecule has 0 spiro atoms. The molecule has 14 heavy (non-hydrogen) atoms. The number of ketones is 1. The Morgan fingerprint density at radius 2 is 1.79 bits per heavy atom. The summed E-state index contributed by atoms with van der Waals surface area (Å²) in [5.41, 5.74) is 0.496. The van der Waals surface area contributed by atoms with Gasteiger partial charge in [-0.3, -0.25) is 4.79 Å². The van der Waals surface area contributed by atoms with Crippen LogP contribution in [0.1, 0.15) is 24.2 Å². The number of hydrogen-bond acceptors (Lipinski definition) is 2. The molecule has 0 unspecified atom stereocenters. The number of halogens is 1. The molecule has 0 bridgehead atoms. The Bertz CT molecular complexity index is 317. The van der Waals surface area contributed by atoms with Gasteiger partial charge in [-0.15, -0.1) is 0 Å². The van der Waals surface area contributed by atoms with Crippen molar-refractivity contribution < 1.29 is 9.90 Å². The van der Waals surface area contributed by atoms with Gasteiger partial charge in [-0.2, -0.15) is 0 Å². The Labute approximate surface area is 88.5 Å². The number of aliphatic hydroxyl groups excluding tert-OH is 1. The van der Waals surface area contributed by atoms with Crippen LogP contribution in [0.25, 0.3) is 0 Å². The first-order chi connectivity index (χ1) is 6.52. The maximum Gasteiger partial charge on any atom is 0.191 e. The van der Waals surface area contributed by atoms with Gasteiger partial charge in [-0.1, -0.05) is 25.4 Å². The van der Waals surface area contributed by atoms with Gasteiger partial charge in [0.15, 0.2) is 5.78 Å². The van der Waals surface area contributed by atoms with Crippen molar-refractivity contribution in [1.29, 1.82) is 0 Å². The Kier molecular flexibility index (Phi) is 3.67. The van der Waals surface area contributed by atoms with Gasteiger partial charge in [0, 0.05) is 10.6 Å². The number of Topliss-reactive ketones (excluding diaryl/α,β-unsaturated/α-hetero) is 1. The van der Waals surface area contributed by atoms with Crippen LogP contribution in [0.4, 0.5) is 0 Å². The minimum Gasteiger partial charge on any atom is -0.385 e. The Morgan fingerprint density at radius 1 is 1.29 bits per heavy atom. The summed E-state index contributed by atoms with van der Waals surface area (Å²) in [7, 11) is 0. The van der Waals surface area contributed by atoms with Crippen LogP contribution in [-0.2, 0) is 0 Å². The van der Waals surface area contributed by atoms with Crippen molar-refractivity contribution in [2.75, 3.05) is 0 Å². The van der Waals surface area contributed by atoms with E-state index >= 15 is 0 Å². The summed E-state index contributed by atoms with van der Waals surface area (Å²) in [5.74, 6) is -0.324. The average molecular weight is 213 g/mol. The van der Waals surface area contributed by atoms with E-state index < -0.39 is 6.10 Å². The van der Waals surface area contributed by atoms with Crippen LogP contribution >= 0.6 is 11.6 Å². The molecule has 0 aliphatic rings. The summed E-state index contributed by atoms with van der Waals surface area (Å²) in [6, 6.07) is 6.52. The van der Waals surface area contributed by atoms with Crippen molar-refractivity contribution >= 4 is 17.4 Å². The lowest BCUT2D eigenvalue weighted by atomic mass is 9.98. The number of aliphatic hydroxyl groups is 1. The second-order valence-electron chi connectivity index (χ2n) is 3.56. The molecule has 76 valence electrons. The predicted molar refractivity (Wildman–Crippen MR) is 56.6 cm³/mol. The van der Waals surface area contributed by atoms with Gasteiger partial charge in [0.1, 0.15) is 6.10 Å². The molecule has 2 nitrogen and oxygen atoms in total. The molecule has 0 saturated carbocycles. The molecule has 0 saturated heterocycles. The molecular weight excluding hydrogens is 200 g/mol. The molecule has 0 radical (unpaired) electrons. The van der Waals surface area contributed by atoms with Gasteiger partial charge in [-0.05, 0) is 30.2 Å². The van der Waals surface area contributed by atoms with E-state index in [9.17, 15) is 9.90 Å². The standard InChI is InChI=1S/C11H13ClO2/c1-7(2)10(13)11(14)8-3-5-9(12)6-4-8/h3-7,10,13H,1-2H3/t10-/m0/s1. The van der Waals surface area contributed by atoms with Gasteiger partial charge in [-0.25, -0.2) is 0 Å². The van der Waals surface area contributed by atoms with Crippen molar-refractivity contribution in [1.82, 2.24) is 0 Å². The molecule has 0 fully saturated rings. The van der Waals surface area contributed by atoms with Crippen LogP contribution in [0.5, 0.6) is 0 Å². The molecule has 0 aromatic heterocycles. The molecule has 1 aromatic carbocycles. The highest BCUT2D eigenvalue weighted by Gasteiger charge is 2.19. The molecular formula is C11H13ClO2. The number of carbonyl (C=O) groups is 1. The fourth-order valence-corrected chi connectivity index (χ4v) is 1.21. The van der Waals surface area contributed by atoms with Crippen molar-refractivity contribution in [3.8, 4) is 0 Å². The predicted octanol–water partition coefficient (Wildman–Crippen LogP) is 2.54. The fraction of sp³-hybridized carbons (Fsp3) is 0.364. The van der Waals surface area contributed by atoms with E-state index in [2.05, 4.69) is 0 Å². The second kappa shape index (κ2) is 4.58. The van der Waals surface area contributed by atoms with E-state index in [1.165, 1.54) is 0 Å². The monoisotopic (exact) mass is 212 g/mol. The normalized spacial score (nSPS) is 12.9. The third kappa shape index (κ3) is 2.56. The molecule has 1 rings (SSSR count). The first-order valence-electron chi connectivity index (χ1n) is 4.50. The molecule has 1 aromatic rings. The Hall–Kier alpha value is -0.860. The van der Waals surface area contributed by atoms with Crippen molar-refractivity contribution in [2.24, 2.45) is 5.92 Å². The SMILES string of the molecule is CC(C)[C@H](O)C(=O)c1ccc(Cl)cc1. The third-order valence-corrected chi connectivity index (χ3v) is 2.28. The molecule has 1 atom stereocenters. The third-order valence-electron chi connectivity index (χ3n) is 2.03. The molecule has 1 N–H and O–H groups in total. The van der Waals surface area contributed by atoms with E-state index in [0.29, 0.717) is 10.6 Å². The smallest absolute Gasteiger partial charge is 0.191 e. The average Bonchev–Trinajstić information content (AvgIpc) is 2.16. The zero-order chi connectivity index (χ0) is 10.7. The highest BCUT2D eigenvalue weighted by Crippen LogP contribution is 2.13. The first kappa shape index (κ1) is 11.2. The topological polar surface area (TPSA) is 37.3 Å². The zero-order valence-electron chi connectivity index (χ0n) is 8.20. The minimum absolute atomic E-state index is 0.0711. The van der Waals surface area contributed by atoms with E-state index in [1.807, 2.05) is 0 Å². The number of carbonyl (C=O) groups excluding carboxylic acids is 1. The fourth-order valence-electron chi connectivity index (χ4n) is 1.09. The minimum atomic E-state index is -0.934. The summed E-state index contributed by atoms with van der Waals surface area (Å²) in [6.07, 6.45) is -0.934. The number of hydrogen-bond donors (Lipinski definition) is 1. The van der Waals surface area contributed by atoms with Gasteiger partial charge in [0.25, 0.3) is 0 Å². The maximum absolute atomic E-state index is 11.6. The molecule has 0 aliphatic heterocycles. The summed E-state index contributed by atoms with van der Waals surface area (Å²) >= 11 is 5.68. The van der Waals surface area contributed by atoms with Gasteiger partial charge in [0.05, 0.1) is 0 Å². The van der Waals surface area contributed by atoms with Gasteiger partial charge < -0.3 is 5.11 Å². The van der Waals surface area contributed by atoms with E-state index in [4.69, 9.17) is 11.6 Å². The van der Waals surface area contributed by atoms with Crippen LogP contribution in [0.3, 0.4) is 0 Å². The van der Waals surface area contributed by atoms with Crippen molar-refractivity contribution in [3.63, 3.8) is 0 Å². The number of rotatable bonds is 3. The van der Waals surface area contributed by atoms with Crippen LogP contribution in [-0.4, -0.2) is 17.0 Å². The van der Waals surface area contributed by atoms with Crippen LogP contribution in [0.15, 0.2) is 24.3 Å². The molecule has 0 heterocycles. The highest BCUT2D eigenvalue weighted by atomic mass is 35.5. The maximum atomic E-state index is 11.6. The summed E-state index contributed by atoms with van der Waals surface area (Å²) in [4.78, 5) is 11.6. The lowest BCUT2D eigenvalue weighted by molar-refractivity contribution is 0.0648. The lowest BCUT2D eigenvalue weighted by Gasteiger charge is -2.12. The number of benzene rings is 1. The van der Waals surface area contributed by atoms with E-state index in [-0.39, 0.29) is 11.7 Å². The van der Waals surface area contributed by atoms with Crippen LogP contribution in [0, 0.1) is 5.92 Å². The highest BCUT2D eigenvalue weighted by molar-refractivity contribution is 6.30. The van der Waals surface area contributed by atoms with Gasteiger partial charge in [0.2, 0.25) is 0 Å². The van der Waals surface area contributed by atoms with E-state index in [0.717, 1.165) is 0 Å². The van der Waals surface area contributed by atoms with Crippen molar-refractivity contribution in [3.05, 3.63) is 34.9 Å². The largest absolute Gasteiger partial charge is 0.385 e. The Morgan fingerprint density at radius 3 is 2.21 bits per heavy atom. The summed E-state index contributed by atoms with van der Waals surface area (Å²) in [5, 5.41) is 10.1. The van der Waals surface area contributed by atoms with Crippen LogP contribution < -0.4 is 0 Å². The molecule has 3 heteroatoms. The lowest BCUT2D eigenvalue weighted by Crippen LogP contribution is -2.25. The van der Waals surface area contributed by atoms with Gasteiger partial charge >= 0.3 is 0 Å². The molecule has 0 aliphatic carbocycles. The van der Waals surface area contributed by atoms with Crippen molar-refractivity contribution in [2.45, 2.75) is 20.0 Å². The first-order valence-corrected chi connectivity index (χ1v) is 4.88. The van der Waals surface area contributed by atoms with E-state index in [1.54, 1.807) is 38.1 Å². The Balaban J connectivity index is 2.84. The van der Waals surface area contributed by atoms with Crippen LogP contribution in [0.2, 0.25) is 5.02 Å². The quantitative estimate of drug-likeness (QED) is 0.782. The summed E-state index contributed by atoms with van der Waals surface area (Å²) in [6.45, 7) is 3.61. The zero-order valence-corrected chi connectivity index (χ0v) is 8.95. The summed E-state index contributed by atoms with van der Waals surface area (Å²) < 4.78 is 0. The second-order valence-corrected chi connectivity index (χ2v) is 4.00. The molecule has 0 amide bonds.